The Labute approximate surface area is 122 Å². The Hall–Kier alpha value is -1.83. The molecule has 1 aliphatic heterocycles. The molecule has 0 aliphatic carbocycles. The van der Waals surface area contributed by atoms with E-state index in [1.54, 1.807) is 19.2 Å². The first-order valence-corrected chi connectivity index (χ1v) is 6.87. The maximum Gasteiger partial charge on any atom is 0.130 e. The highest BCUT2D eigenvalue weighted by atomic mass is 35.5. The van der Waals surface area contributed by atoms with Crippen LogP contribution in [0, 0.1) is 11.3 Å². The summed E-state index contributed by atoms with van der Waals surface area (Å²) in [5.74, 6) is 0.830. The first-order valence-electron chi connectivity index (χ1n) is 6.49. The Morgan fingerprint density at radius 3 is 3.00 bits per heavy atom. The highest BCUT2D eigenvalue weighted by molar-refractivity contribution is 6.31. The van der Waals surface area contributed by atoms with Crippen molar-refractivity contribution in [1.82, 2.24) is 4.98 Å². The van der Waals surface area contributed by atoms with Gasteiger partial charge in [-0.25, -0.2) is 4.98 Å². The molecule has 0 amide bonds. The number of fused-ring (bicyclic) bond motifs is 1. The second-order valence-electron chi connectivity index (χ2n) is 4.89. The van der Waals surface area contributed by atoms with Crippen molar-refractivity contribution in [2.24, 2.45) is 0 Å². The minimum absolute atomic E-state index is 0.239. The van der Waals surface area contributed by atoms with Crippen LogP contribution < -0.4 is 4.90 Å². The maximum atomic E-state index is 9.33. The number of pyridine rings is 1. The zero-order valence-corrected chi connectivity index (χ0v) is 11.9. The van der Waals surface area contributed by atoms with Crippen molar-refractivity contribution >= 4 is 28.3 Å². The van der Waals surface area contributed by atoms with Crippen molar-refractivity contribution in [1.29, 1.82) is 5.26 Å². The Morgan fingerprint density at radius 1 is 1.45 bits per heavy atom. The fraction of sp³-hybridized carbons (Fsp3) is 0.333. The second kappa shape index (κ2) is 5.28. The van der Waals surface area contributed by atoms with Crippen LogP contribution in [0.2, 0.25) is 5.02 Å². The third-order valence-electron chi connectivity index (χ3n) is 3.68. The summed E-state index contributed by atoms with van der Waals surface area (Å²) in [6, 6.07) is 9.49. The lowest BCUT2D eigenvalue weighted by Gasteiger charge is -2.18. The van der Waals surface area contributed by atoms with Crippen LogP contribution in [0.1, 0.15) is 12.0 Å². The second-order valence-corrected chi connectivity index (χ2v) is 5.33. The largest absolute Gasteiger partial charge is 0.380 e. The zero-order chi connectivity index (χ0) is 14.1. The molecule has 20 heavy (non-hydrogen) atoms. The molecule has 1 fully saturated rings. The van der Waals surface area contributed by atoms with E-state index in [4.69, 9.17) is 16.3 Å². The number of anilines is 1. The van der Waals surface area contributed by atoms with E-state index < -0.39 is 0 Å². The van der Waals surface area contributed by atoms with Crippen molar-refractivity contribution < 1.29 is 4.74 Å². The van der Waals surface area contributed by atoms with Gasteiger partial charge in [0.25, 0.3) is 0 Å². The Kier molecular flexibility index (Phi) is 3.47. The lowest BCUT2D eigenvalue weighted by Crippen LogP contribution is -2.23. The van der Waals surface area contributed by atoms with Crippen LogP contribution in [-0.4, -0.2) is 31.3 Å². The molecule has 0 bridgehead atoms. The average molecular weight is 288 g/mol. The van der Waals surface area contributed by atoms with Crippen molar-refractivity contribution in [3.63, 3.8) is 0 Å². The number of hydrogen-bond donors (Lipinski definition) is 0. The van der Waals surface area contributed by atoms with Crippen LogP contribution in [0.4, 0.5) is 5.82 Å². The molecule has 5 heteroatoms. The summed E-state index contributed by atoms with van der Waals surface area (Å²) in [5.41, 5.74) is 1.40. The number of benzene rings is 1. The van der Waals surface area contributed by atoms with Gasteiger partial charge in [-0.2, -0.15) is 5.26 Å². The molecule has 1 saturated heterocycles. The van der Waals surface area contributed by atoms with Crippen molar-refractivity contribution in [2.45, 2.75) is 12.5 Å². The van der Waals surface area contributed by atoms with Crippen molar-refractivity contribution in [3.8, 4) is 6.07 Å². The predicted molar refractivity (Wildman–Crippen MR) is 79.1 cm³/mol. The van der Waals surface area contributed by atoms with E-state index in [1.165, 1.54) is 0 Å². The Morgan fingerprint density at radius 2 is 2.30 bits per heavy atom. The zero-order valence-electron chi connectivity index (χ0n) is 11.1. The smallest absolute Gasteiger partial charge is 0.130 e. The van der Waals surface area contributed by atoms with Crippen LogP contribution in [0.15, 0.2) is 24.3 Å². The molecule has 0 radical (unpaired) electrons. The van der Waals surface area contributed by atoms with E-state index in [2.05, 4.69) is 16.0 Å². The van der Waals surface area contributed by atoms with Crippen LogP contribution >= 0.6 is 11.6 Å². The quantitative estimate of drug-likeness (QED) is 0.852. The minimum Gasteiger partial charge on any atom is -0.380 e. The van der Waals surface area contributed by atoms with E-state index in [0.29, 0.717) is 10.6 Å². The molecular weight excluding hydrogens is 274 g/mol. The monoisotopic (exact) mass is 287 g/mol. The third-order valence-corrected chi connectivity index (χ3v) is 3.92. The lowest BCUT2D eigenvalue weighted by atomic mass is 10.1. The first kappa shape index (κ1) is 13.2. The van der Waals surface area contributed by atoms with Gasteiger partial charge in [-0.1, -0.05) is 11.6 Å². The summed E-state index contributed by atoms with van der Waals surface area (Å²) < 4.78 is 5.37. The molecule has 0 unspecified atom stereocenters. The van der Waals surface area contributed by atoms with Gasteiger partial charge < -0.3 is 9.64 Å². The van der Waals surface area contributed by atoms with Crippen LogP contribution in [0.5, 0.6) is 0 Å². The molecule has 3 rings (SSSR count). The van der Waals surface area contributed by atoms with E-state index >= 15 is 0 Å². The van der Waals surface area contributed by atoms with E-state index in [0.717, 1.165) is 36.2 Å². The molecule has 2 heterocycles. The maximum absolute atomic E-state index is 9.33. The Bertz CT molecular complexity index is 695. The number of nitriles is 1. The molecule has 1 aromatic carbocycles. The Balaban J connectivity index is 2.05. The number of ether oxygens (including phenoxy) is 1. The highest BCUT2D eigenvalue weighted by Gasteiger charge is 2.23. The standard InChI is InChI=1S/C15H14ClN3O/c1-20-12-4-5-19(9-12)15-6-10(8-17)13-7-11(16)2-3-14(13)18-15/h2-3,6-7,12H,4-5,9H2,1H3/t12-/m0/s1. The predicted octanol–water partition coefficient (Wildman–Crippen LogP) is 2.98. The van der Waals surface area contributed by atoms with Gasteiger partial charge in [0.15, 0.2) is 0 Å². The van der Waals surface area contributed by atoms with Gasteiger partial charge in [-0.05, 0) is 30.7 Å². The minimum atomic E-state index is 0.239. The number of nitrogens with zero attached hydrogens (tertiary/aromatic N) is 3. The van der Waals surface area contributed by atoms with Crippen LogP contribution in [-0.2, 0) is 4.74 Å². The third kappa shape index (κ3) is 2.31. The molecular formula is C15H14ClN3O. The SMILES string of the molecule is CO[C@H]1CCN(c2cc(C#N)c3cc(Cl)ccc3n2)C1. The van der Waals surface area contributed by atoms with Gasteiger partial charge in [-0.15, -0.1) is 0 Å². The van der Waals surface area contributed by atoms with Gasteiger partial charge in [0.1, 0.15) is 5.82 Å². The number of methoxy groups -OCH3 is 1. The summed E-state index contributed by atoms with van der Waals surface area (Å²) in [6.45, 7) is 1.71. The number of hydrogen-bond acceptors (Lipinski definition) is 4. The summed E-state index contributed by atoms with van der Waals surface area (Å²) in [6.07, 6.45) is 1.22. The normalized spacial score (nSPS) is 18.4. The summed E-state index contributed by atoms with van der Waals surface area (Å²) in [7, 11) is 1.73. The molecule has 4 nitrogen and oxygen atoms in total. The number of halogens is 1. The summed E-state index contributed by atoms with van der Waals surface area (Å²) in [4.78, 5) is 6.79. The van der Waals surface area contributed by atoms with Gasteiger partial charge in [0.05, 0.1) is 23.3 Å². The van der Waals surface area contributed by atoms with E-state index in [9.17, 15) is 5.26 Å². The van der Waals surface area contributed by atoms with Crippen LogP contribution in [0.3, 0.4) is 0 Å². The molecule has 1 aliphatic rings. The van der Waals surface area contributed by atoms with Crippen molar-refractivity contribution in [3.05, 3.63) is 34.9 Å². The van der Waals surface area contributed by atoms with Gasteiger partial charge in [-0.3, -0.25) is 0 Å². The van der Waals surface area contributed by atoms with Gasteiger partial charge in [0, 0.05) is 30.6 Å². The van der Waals surface area contributed by atoms with E-state index in [-0.39, 0.29) is 6.10 Å². The van der Waals surface area contributed by atoms with Gasteiger partial charge >= 0.3 is 0 Å². The lowest BCUT2D eigenvalue weighted by molar-refractivity contribution is 0.121. The van der Waals surface area contributed by atoms with Crippen LogP contribution in [0.25, 0.3) is 10.9 Å². The fourth-order valence-corrected chi connectivity index (χ4v) is 2.74. The molecule has 0 saturated carbocycles. The topological polar surface area (TPSA) is 49.1 Å². The average Bonchev–Trinajstić information content (AvgIpc) is 2.95. The molecule has 102 valence electrons. The molecule has 1 aromatic heterocycles. The number of rotatable bonds is 2. The highest BCUT2D eigenvalue weighted by Crippen LogP contribution is 2.27. The molecule has 2 aromatic rings. The first-order chi connectivity index (χ1) is 9.71. The van der Waals surface area contributed by atoms with Crippen molar-refractivity contribution in [2.75, 3.05) is 25.1 Å². The van der Waals surface area contributed by atoms with E-state index in [1.807, 2.05) is 12.1 Å². The van der Waals surface area contributed by atoms with Gasteiger partial charge in [0.2, 0.25) is 0 Å². The number of aromatic nitrogens is 1. The molecule has 0 N–H and O–H groups in total. The summed E-state index contributed by atoms with van der Waals surface area (Å²) in [5, 5.41) is 10.7. The fourth-order valence-electron chi connectivity index (χ4n) is 2.57. The molecule has 0 spiro atoms. The summed E-state index contributed by atoms with van der Waals surface area (Å²) >= 11 is 5.99. The molecule has 1 atom stereocenters.